The Bertz CT molecular complexity index is 407. The first-order valence-corrected chi connectivity index (χ1v) is 8.74. The van der Waals surface area contributed by atoms with Gasteiger partial charge in [-0.15, -0.1) is 0 Å². The summed E-state index contributed by atoms with van der Waals surface area (Å²) in [5.74, 6) is 0.588. The van der Waals surface area contributed by atoms with Crippen molar-refractivity contribution >= 4 is 0 Å². The largest absolute Gasteiger partial charge is 0.0856 e. The number of hydrogen-bond acceptors (Lipinski definition) is 0. The van der Waals surface area contributed by atoms with Crippen molar-refractivity contribution in [3.05, 3.63) is 53.5 Å². The highest BCUT2D eigenvalue weighted by molar-refractivity contribution is 5.08. The molecule has 0 aromatic rings. The molecule has 0 aliphatic rings. The molecule has 0 bridgehead atoms. The van der Waals surface area contributed by atoms with Gasteiger partial charge in [0.15, 0.2) is 0 Å². The molecule has 0 fully saturated rings. The molecular weight excluding hydrogens is 264 g/mol. The van der Waals surface area contributed by atoms with Crippen LogP contribution in [0.25, 0.3) is 0 Å². The average Bonchev–Trinajstić information content (AvgIpc) is 2.42. The fraction of sp³-hybridized carbons (Fsp3) is 0.591. The predicted molar refractivity (Wildman–Crippen MR) is 103 cm³/mol. The van der Waals surface area contributed by atoms with Gasteiger partial charge in [-0.25, -0.2) is 0 Å². The summed E-state index contributed by atoms with van der Waals surface area (Å²) in [5.41, 5.74) is 5.84. The zero-order chi connectivity index (χ0) is 17.0. The van der Waals surface area contributed by atoms with Gasteiger partial charge >= 0.3 is 0 Å². The van der Waals surface area contributed by atoms with Crippen LogP contribution in [0.15, 0.2) is 46.6 Å². The smallest absolute Gasteiger partial charge is 0.0196 e. The van der Waals surface area contributed by atoms with Crippen molar-refractivity contribution in [2.24, 2.45) is 5.92 Å². The van der Waals surface area contributed by atoms with E-state index in [-0.39, 0.29) is 0 Å². The number of rotatable bonds is 10. The number of hydrogen-bond donors (Lipinski definition) is 0. The fourth-order valence-corrected chi connectivity index (χ4v) is 2.39. The second-order valence-electron chi connectivity index (χ2n) is 6.99. The summed E-state index contributed by atoms with van der Waals surface area (Å²) in [6.07, 6.45) is 16.3. The van der Waals surface area contributed by atoms with Crippen LogP contribution < -0.4 is 0 Å². The topological polar surface area (TPSA) is 0 Å². The van der Waals surface area contributed by atoms with Crippen molar-refractivity contribution in [1.29, 1.82) is 0 Å². The lowest BCUT2D eigenvalue weighted by molar-refractivity contribution is 0.659. The number of allylic oxidation sites excluding steroid dienone is 8. The highest BCUT2D eigenvalue weighted by Gasteiger charge is 2.02. The van der Waals surface area contributed by atoms with Crippen LogP contribution in [-0.4, -0.2) is 0 Å². The normalized spacial score (nSPS) is 13.8. The molecule has 22 heavy (non-hydrogen) atoms. The van der Waals surface area contributed by atoms with Crippen LogP contribution in [0.2, 0.25) is 0 Å². The van der Waals surface area contributed by atoms with Crippen LogP contribution in [0.5, 0.6) is 0 Å². The Morgan fingerprint density at radius 1 is 0.773 bits per heavy atom. The van der Waals surface area contributed by atoms with Gasteiger partial charge in [0, 0.05) is 0 Å². The van der Waals surface area contributed by atoms with Crippen LogP contribution >= 0.6 is 0 Å². The Morgan fingerprint density at radius 3 is 1.73 bits per heavy atom. The lowest BCUT2D eigenvalue weighted by Gasteiger charge is -2.10. The SMILES string of the molecule is [CH2]CC(/C=C(\C)CCC=C(C)C)C/C=C(\C)CCC=C(C)C. The fourth-order valence-electron chi connectivity index (χ4n) is 2.39. The van der Waals surface area contributed by atoms with Gasteiger partial charge in [-0.1, -0.05) is 53.5 Å². The Balaban J connectivity index is 4.34. The highest BCUT2D eigenvalue weighted by Crippen LogP contribution is 2.18. The maximum absolute atomic E-state index is 4.12. The lowest BCUT2D eigenvalue weighted by atomic mass is 9.96. The van der Waals surface area contributed by atoms with E-state index >= 15 is 0 Å². The van der Waals surface area contributed by atoms with E-state index in [2.05, 4.69) is 72.8 Å². The van der Waals surface area contributed by atoms with Gasteiger partial charge in [-0.3, -0.25) is 0 Å². The van der Waals surface area contributed by atoms with Gasteiger partial charge in [-0.2, -0.15) is 0 Å². The Hall–Kier alpha value is -1.04. The molecule has 1 radical (unpaired) electrons. The van der Waals surface area contributed by atoms with Crippen LogP contribution in [-0.2, 0) is 0 Å². The van der Waals surface area contributed by atoms with Crippen molar-refractivity contribution in [2.45, 2.75) is 80.1 Å². The molecule has 125 valence electrons. The predicted octanol–water partition coefficient (Wildman–Crippen LogP) is 7.60. The Kier molecular flexibility index (Phi) is 11.9. The van der Waals surface area contributed by atoms with Crippen LogP contribution in [0, 0.1) is 12.8 Å². The summed E-state index contributed by atoms with van der Waals surface area (Å²) >= 11 is 0. The monoisotopic (exact) mass is 301 g/mol. The minimum absolute atomic E-state index is 0.588. The second-order valence-corrected chi connectivity index (χ2v) is 6.99. The summed E-state index contributed by atoms with van der Waals surface area (Å²) < 4.78 is 0. The first-order chi connectivity index (χ1) is 10.3. The molecule has 0 aromatic heterocycles. The molecule has 0 aliphatic heterocycles. The zero-order valence-corrected chi connectivity index (χ0v) is 15.8. The van der Waals surface area contributed by atoms with Crippen LogP contribution in [0.1, 0.15) is 80.1 Å². The van der Waals surface area contributed by atoms with Crippen molar-refractivity contribution < 1.29 is 0 Å². The molecular formula is C22H37. The molecule has 0 aromatic carbocycles. The van der Waals surface area contributed by atoms with Crippen molar-refractivity contribution in [1.82, 2.24) is 0 Å². The molecule has 0 nitrogen and oxygen atoms in total. The quantitative estimate of drug-likeness (QED) is 0.364. The molecule has 0 saturated carbocycles. The van der Waals surface area contributed by atoms with E-state index in [1.165, 1.54) is 35.1 Å². The Morgan fingerprint density at radius 2 is 1.27 bits per heavy atom. The summed E-state index contributed by atoms with van der Waals surface area (Å²) in [5, 5.41) is 0. The van der Waals surface area contributed by atoms with Gasteiger partial charge in [0.25, 0.3) is 0 Å². The highest BCUT2D eigenvalue weighted by atomic mass is 14.1. The zero-order valence-electron chi connectivity index (χ0n) is 15.8. The lowest BCUT2D eigenvalue weighted by Crippen LogP contribution is -1.95. The first kappa shape index (κ1) is 21.0. The van der Waals surface area contributed by atoms with Gasteiger partial charge in [0.2, 0.25) is 0 Å². The Labute approximate surface area is 140 Å². The maximum atomic E-state index is 4.12. The summed E-state index contributed by atoms with van der Waals surface area (Å²) in [4.78, 5) is 0. The van der Waals surface area contributed by atoms with Crippen molar-refractivity contribution in [3.63, 3.8) is 0 Å². The van der Waals surface area contributed by atoms with Crippen molar-refractivity contribution in [3.8, 4) is 0 Å². The van der Waals surface area contributed by atoms with Gasteiger partial charge in [0.1, 0.15) is 0 Å². The molecule has 0 amide bonds. The molecule has 0 spiro atoms. The van der Waals surface area contributed by atoms with Gasteiger partial charge < -0.3 is 0 Å². The third-order valence-corrected chi connectivity index (χ3v) is 3.84. The third kappa shape index (κ3) is 12.7. The van der Waals surface area contributed by atoms with E-state index in [0.29, 0.717) is 5.92 Å². The van der Waals surface area contributed by atoms with E-state index in [0.717, 1.165) is 25.7 Å². The van der Waals surface area contributed by atoms with E-state index in [9.17, 15) is 0 Å². The molecule has 0 N–H and O–H groups in total. The third-order valence-electron chi connectivity index (χ3n) is 3.84. The van der Waals surface area contributed by atoms with Crippen LogP contribution in [0.3, 0.4) is 0 Å². The van der Waals surface area contributed by atoms with Crippen molar-refractivity contribution in [2.75, 3.05) is 0 Å². The molecule has 0 heteroatoms. The summed E-state index contributed by atoms with van der Waals surface area (Å²) in [7, 11) is 0. The summed E-state index contributed by atoms with van der Waals surface area (Å²) in [6, 6.07) is 0. The molecule has 0 heterocycles. The van der Waals surface area contributed by atoms with E-state index in [4.69, 9.17) is 0 Å². The first-order valence-electron chi connectivity index (χ1n) is 8.74. The summed E-state index contributed by atoms with van der Waals surface area (Å²) in [6.45, 7) is 17.3. The molecule has 0 aliphatic carbocycles. The molecule has 1 unspecified atom stereocenters. The molecule has 0 rings (SSSR count). The maximum Gasteiger partial charge on any atom is -0.0196 e. The van der Waals surface area contributed by atoms with Gasteiger partial charge in [-0.05, 0) is 86.0 Å². The minimum atomic E-state index is 0.588. The van der Waals surface area contributed by atoms with E-state index in [1.54, 1.807) is 0 Å². The minimum Gasteiger partial charge on any atom is -0.0856 e. The molecule has 0 saturated heterocycles. The van der Waals surface area contributed by atoms with E-state index < -0.39 is 0 Å². The second kappa shape index (κ2) is 12.5. The van der Waals surface area contributed by atoms with Gasteiger partial charge in [0.05, 0.1) is 0 Å². The van der Waals surface area contributed by atoms with Crippen LogP contribution in [0.4, 0.5) is 0 Å². The molecule has 1 atom stereocenters. The average molecular weight is 302 g/mol. The van der Waals surface area contributed by atoms with E-state index in [1.807, 2.05) is 0 Å². The standard InChI is InChI=1S/C22H37/c1-8-22(17-21(7)14-10-12-19(4)5)16-15-20(6)13-9-11-18(2)3/h11-12,15,17,22H,1,8-10,13-14,16H2,2-7H3/b20-15+,21-17+.